The van der Waals surface area contributed by atoms with Crippen molar-refractivity contribution < 1.29 is 53.7 Å². The molecule has 0 aromatic rings. The minimum atomic E-state index is -5.14. The number of carboxylic acid groups (broad SMARTS) is 2. The molecular formula is C11H22FO10P. The van der Waals surface area contributed by atoms with Gasteiger partial charge in [-0.1, -0.05) is 13.2 Å². The minimum absolute atomic E-state index is 0.176. The molecule has 0 atom stereocenters. The van der Waals surface area contributed by atoms with Gasteiger partial charge in [0.25, 0.3) is 0 Å². The lowest BCUT2D eigenvalue weighted by molar-refractivity contribution is -0.133. The van der Waals surface area contributed by atoms with Crippen LogP contribution in [-0.2, 0) is 14.2 Å². The molecule has 0 radical (unpaired) electrons. The Morgan fingerprint density at radius 3 is 1.13 bits per heavy atom. The van der Waals surface area contributed by atoms with Crippen molar-refractivity contribution in [2.45, 2.75) is 20.0 Å². The van der Waals surface area contributed by atoms with Crippen LogP contribution in [0.2, 0.25) is 0 Å². The van der Waals surface area contributed by atoms with Crippen LogP contribution in [0.25, 0.3) is 0 Å². The van der Waals surface area contributed by atoms with Gasteiger partial charge in [0.2, 0.25) is 0 Å². The zero-order chi connectivity index (χ0) is 19.8. The molecule has 0 aromatic heterocycles. The van der Waals surface area contributed by atoms with E-state index in [0.29, 0.717) is 0 Å². The molecule has 0 heterocycles. The van der Waals surface area contributed by atoms with Crippen molar-refractivity contribution in [1.82, 2.24) is 0 Å². The zero-order valence-electron chi connectivity index (χ0n) is 12.6. The van der Waals surface area contributed by atoms with E-state index in [1.54, 1.807) is 0 Å². The quantitative estimate of drug-likeness (QED) is 0.257. The van der Waals surface area contributed by atoms with E-state index in [-0.39, 0.29) is 24.4 Å². The summed E-state index contributed by atoms with van der Waals surface area (Å²) in [6.07, 6.45) is -0.954. The Kier molecular flexibility index (Phi) is 21.4. The first-order chi connectivity index (χ1) is 10.1. The van der Waals surface area contributed by atoms with Crippen LogP contribution < -0.4 is 0 Å². The molecule has 12 heteroatoms. The topological polar surface area (TPSA) is 193 Å². The van der Waals surface area contributed by atoms with Crippen molar-refractivity contribution in [3.63, 3.8) is 0 Å². The lowest BCUT2D eigenvalue weighted by atomic mass is 10.4. The van der Waals surface area contributed by atoms with Crippen LogP contribution in [0.5, 0.6) is 0 Å². The van der Waals surface area contributed by atoms with Gasteiger partial charge in [-0.3, -0.25) is 9.79 Å². The number of hydrogen-bond acceptors (Lipinski definition) is 6. The Bertz CT molecular complexity index is 357. The van der Waals surface area contributed by atoms with Crippen molar-refractivity contribution in [3.8, 4) is 0 Å². The predicted molar refractivity (Wildman–Crippen MR) is 78.2 cm³/mol. The third-order valence-corrected chi connectivity index (χ3v) is 1.15. The van der Waals surface area contributed by atoms with Gasteiger partial charge in [-0.05, 0) is 13.8 Å². The van der Waals surface area contributed by atoms with Gasteiger partial charge in [0.05, 0.1) is 13.2 Å². The van der Waals surface area contributed by atoms with E-state index in [9.17, 15) is 13.8 Å². The fourth-order valence-electron chi connectivity index (χ4n) is 0.0577. The maximum Gasteiger partial charge on any atom is 0.507 e. The van der Waals surface area contributed by atoms with E-state index in [1.807, 2.05) is 0 Å². The molecule has 0 rings (SSSR count). The Hall–Kier alpha value is -1.62. The molecule has 0 saturated carbocycles. The number of aliphatic carboxylic acids is 2. The van der Waals surface area contributed by atoms with Crippen LogP contribution in [0, 0.1) is 0 Å². The lowest BCUT2D eigenvalue weighted by Crippen LogP contribution is -2.15. The number of halogens is 1. The van der Waals surface area contributed by atoms with Gasteiger partial charge in [0.15, 0.2) is 0 Å². The van der Waals surface area contributed by atoms with Crippen LogP contribution in [0.15, 0.2) is 24.3 Å². The third kappa shape index (κ3) is 63.9. The molecule has 0 spiro atoms. The van der Waals surface area contributed by atoms with Gasteiger partial charge < -0.3 is 25.5 Å². The molecule has 0 amide bonds. The van der Waals surface area contributed by atoms with E-state index >= 15 is 0 Å². The monoisotopic (exact) mass is 364 g/mol. The molecule has 0 bridgehead atoms. The summed E-state index contributed by atoms with van der Waals surface area (Å²) in [7, 11) is -5.14. The van der Waals surface area contributed by atoms with E-state index < -0.39 is 25.9 Å². The average Bonchev–Trinajstić information content (AvgIpc) is 2.36. The van der Waals surface area contributed by atoms with Crippen LogP contribution in [0.4, 0.5) is 4.20 Å². The highest BCUT2D eigenvalue weighted by Crippen LogP contribution is 2.34. The van der Waals surface area contributed by atoms with E-state index in [1.165, 1.54) is 13.8 Å². The summed E-state index contributed by atoms with van der Waals surface area (Å²) in [5.41, 5.74) is 0.352. The molecule has 23 heavy (non-hydrogen) atoms. The van der Waals surface area contributed by atoms with Crippen molar-refractivity contribution >= 4 is 19.8 Å². The summed E-state index contributed by atoms with van der Waals surface area (Å²) in [6.45, 7) is 8.47. The molecule has 0 aliphatic carbocycles. The molecule has 7 N–H and O–H groups in total. The van der Waals surface area contributed by atoms with Crippen LogP contribution >= 0.6 is 7.91 Å². The van der Waals surface area contributed by atoms with Gasteiger partial charge in [-0.25, -0.2) is 14.2 Å². The smallest absolute Gasteiger partial charge is 0.478 e. The molecule has 0 fully saturated rings. The van der Waals surface area contributed by atoms with Gasteiger partial charge in [-0.15, -0.1) is 4.20 Å². The average molecular weight is 364 g/mol. The Morgan fingerprint density at radius 1 is 1.00 bits per heavy atom. The number of carbonyl (C=O) groups is 2. The number of rotatable bonds is 4. The summed E-state index contributed by atoms with van der Waals surface area (Å²) >= 11 is 0. The van der Waals surface area contributed by atoms with Crippen LogP contribution in [0.3, 0.4) is 0 Å². The van der Waals surface area contributed by atoms with E-state index in [2.05, 4.69) is 13.2 Å². The molecule has 0 unspecified atom stereocenters. The summed E-state index contributed by atoms with van der Waals surface area (Å²) in [5.74, 6) is -1.87. The van der Waals surface area contributed by atoms with Gasteiger partial charge in [0.1, 0.15) is 6.10 Å². The maximum atomic E-state index is 10.4. The molecule has 0 aliphatic rings. The van der Waals surface area contributed by atoms with E-state index in [4.69, 9.17) is 39.9 Å². The molecule has 0 aromatic carbocycles. The maximum absolute atomic E-state index is 10.4. The summed E-state index contributed by atoms with van der Waals surface area (Å²) in [6, 6.07) is 0. The Morgan fingerprint density at radius 2 is 1.13 bits per heavy atom. The van der Waals surface area contributed by atoms with Crippen molar-refractivity contribution in [2.24, 2.45) is 0 Å². The fourth-order valence-corrected chi connectivity index (χ4v) is 0.0577. The highest BCUT2D eigenvalue weighted by Gasteiger charge is 2.04. The van der Waals surface area contributed by atoms with Gasteiger partial charge in [0, 0.05) is 11.1 Å². The largest absolute Gasteiger partial charge is 0.507 e. The van der Waals surface area contributed by atoms with Crippen LogP contribution in [0.1, 0.15) is 13.8 Å². The van der Waals surface area contributed by atoms with Gasteiger partial charge >= 0.3 is 19.8 Å². The Balaban J connectivity index is -0.000000105. The first-order valence-electron chi connectivity index (χ1n) is 5.52. The first-order valence-corrected chi connectivity index (χ1v) is 7.02. The molecule has 10 nitrogen and oxygen atoms in total. The zero-order valence-corrected chi connectivity index (χ0v) is 13.5. The molecule has 0 saturated heterocycles. The molecule has 138 valence electrons. The summed E-state index contributed by atoms with van der Waals surface area (Å²) in [5, 5.41) is 39.8. The summed E-state index contributed by atoms with van der Waals surface area (Å²) in [4.78, 5) is 33.1. The standard InChI is InChI=1S/2C4H6O2.C3H8O3.FH2O3P/c2*1-3(2)4(5)6;4-1-3(6)2-5;1-5(2,3)4/h2*1H2,2H3,(H,5,6);3-6H,1-2H2;(H2,2,3,4). The lowest BCUT2D eigenvalue weighted by Gasteiger charge is -1.96. The van der Waals surface area contributed by atoms with Crippen LogP contribution in [-0.4, -0.2) is 66.6 Å². The highest BCUT2D eigenvalue weighted by atomic mass is 31.2. The third-order valence-electron chi connectivity index (χ3n) is 1.15. The SMILES string of the molecule is C=C(C)C(=O)O.C=C(C)C(=O)O.O=P(O)(O)F.OCC(O)CO. The number of carboxylic acids is 2. The van der Waals surface area contributed by atoms with Crippen molar-refractivity contribution in [2.75, 3.05) is 13.2 Å². The molecule has 0 aliphatic heterocycles. The number of hydrogen-bond donors (Lipinski definition) is 7. The van der Waals surface area contributed by atoms with Crippen molar-refractivity contribution in [3.05, 3.63) is 24.3 Å². The second kappa shape index (κ2) is 16.7. The normalized spacial score (nSPS) is 9.09. The summed E-state index contributed by atoms with van der Waals surface area (Å²) < 4.78 is 19.0. The second-order valence-electron chi connectivity index (χ2n) is 3.66. The second-order valence-corrected chi connectivity index (χ2v) is 4.61. The Labute approximate surface area is 132 Å². The first kappa shape index (κ1) is 29.4. The van der Waals surface area contributed by atoms with Crippen molar-refractivity contribution in [1.29, 1.82) is 0 Å². The molecular weight excluding hydrogens is 342 g/mol. The van der Waals surface area contributed by atoms with Gasteiger partial charge in [-0.2, -0.15) is 0 Å². The number of aliphatic hydroxyl groups is 3. The minimum Gasteiger partial charge on any atom is -0.478 e. The number of aliphatic hydroxyl groups excluding tert-OH is 3. The predicted octanol–water partition coefficient (Wildman–Crippen LogP) is -0.325. The highest BCUT2D eigenvalue weighted by molar-refractivity contribution is 7.45. The fraction of sp³-hybridized carbons (Fsp3) is 0.455. The van der Waals surface area contributed by atoms with E-state index in [0.717, 1.165) is 0 Å².